The van der Waals surface area contributed by atoms with Crippen molar-refractivity contribution in [1.82, 2.24) is 19.6 Å². The molecule has 1 N–H and O–H groups in total. The third kappa shape index (κ3) is 1.81. The SMILES string of the molecule is Cc1nc2nc(O)c(/C=C3\C=Nc4ccccc43)n2nc1C. The summed E-state index contributed by atoms with van der Waals surface area (Å²) in [5.41, 5.74) is 4.94. The molecule has 108 valence electrons. The highest BCUT2D eigenvalue weighted by atomic mass is 16.3. The van der Waals surface area contributed by atoms with Crippen molar-refractivity contribution in [3.8, 4) is 5.88 Å². The van der Waals surface area contributed by atoms with Crippen molar-refractivity contribution in [2.24, 2.45) is 4.99 Å². The summed E-state index contributed by atoms with van der Waals surface area (Å²) < 4.78 is 1.56. The molecule has 0 bridgehead atoms. The summed E-state index contributed by atoms with van der Waals surface area (Å²) in [6, 6.07) is 7.86. The molecule has 0 unspecified atom stereocenters. The number of fused-ring (bicyclic) bond motifs is 2. The summed E-state index contributed by atoms with van der Waals surface area (Å²) in [4.78, 5) is 12.8. The average Bonchev–Trinajstić information content (AvgIpc) is 3.03. The molecule has 3 aromatic rings. The van der Waals surface area contributed by atoms with Crippen LogP contribution in [0, 0.1) is 13.8 Å². The van der Waals surface area contributed by atoms with Gasteiger partial charge in [-0.3, -0.25) is 4.99 Å². The molecule has 0 saturated carbocycles. The Balaban J connectivity index is 1.93. The highest BCUT2D eigenvalue weighted by Crippen LogP contribution is 2.33. The lowest BCUT2D eigenvalue weighted by Crippen LogP contribution is -2.02. The molecule has 3 heterocycles. The molecule has 22 heavy (non-hydrogen) atoms. The highest BCUT2D eigenvalue weighted by molar-refractivity contribution is 6.21. The van der Waals surface area contributed by atoms with Crippen molar-refractivity contribution in [3.05, 3.63) is 46.9 Å². The van der Waals surface area contributed by atoms with Gasteiger partial charge in [-0.15, -0.1) is 0 Å². The Morgan fingerprint density at radius 3 is 2.77 bits per heavy atom. The first-order valence-corrected chi connectivity index (χ1v) is 6.91. The van der Waals surface area contributed by atoms with Crippen LogP contribution in [0.5, 0.6) is 5.88 Å². The Hall–Kier alpha value is -3.02. The second kappa shape index (κ2) is 4.49. The Morgan fingerprint density at radius 2 is 1.91 bits per heavy atom. The molecule has 0 atom stereocenters. The molecule has 0 spiro atoms. The van der Waals surface area contributed by atoms with Crippen molar-refractivity contribution < 1.29 is 5.11 Å². The minimum atomic E-state index is -0.0877. The van der Waals surface area contributed by atoms with Gasteiger partial charge in [-0.1, -0.05) is 18.2 Å². The zero-order valence-corrected chi connectivity index (χ0v) is 12.1. The first-order valence-electron chi connectivity index (χ1n) is 6.91. The smallest absolute Gasteiger partial charge is 0.254 e. The van der Waals surface area contributed by atoms with Gasteiger partial charge in [0, 0.05) is 17.4 Å². The second-order valence-electron chi connectivity index (χ2n) is 5.19. The summed E-state index contributed by atoms with van der Waals surface area (Å²) >= 11 is 0. The van der Waals surface area contributed by atoms with E-state index in [1.165, 1.54) is 0 Å². The number of benzene rings is 1. The third-order valence-electron chi connectivity index (χ3n) is 3.74. The molecule has 6 nitrogen and oxygen atoms in total. The molecule has 0 amide bonds. The maximum absolute atomic E-state index is 10.1. The molecule has 2 aromatic heterocycles. The number of allylic oxidation sites excluding steroid dienone is 1. The Bertz CT molecular complexity index is 968. The van der Waals surface area contributed by atoms with Crippen LogP contribution in [-0.4, -0.2) is 30.9 Å². The van der Waals surface area contributed by atoms with Crippen LogP contribution in [0.15, 0.2) is 29.3 Å². The van der Waals surface area contributed by atoms with Crippen LogP contribution >= 0.6 is 0 Å². The fraction of sp³-hybridized carbons (Fsp3) is 0.125. The van der Waals surface area contributed by atoms with Gasteiger partial charge in [-0.05, 0) is 26.0 Å². The van der Waals surface area contributed by atoms with Gasteiger partial charge in [-0.25, -0.2) is 4.98 Å². The molecule has 6 heteroatoms. The van der Waals surface area contributed by atoms with Gasteiger partial charge in [0.1, 0.15) is 5.69 Å². The maximum atomic E-state index is 10.1. The molecule has 4 rings (SSSR count). The topological polar surface area (TPSA) is 75.7 Å². The molecule has 1 aliphatic rings. The van der Waals surface area contributed by atoms with Crippen LogP contribution in [0.25, 0.3) is 17.4 Å². The first-order chi connectivity index (χ1) is 10.6. The fourth-order valence-corrected chi connectivity index (χ4v) is 2.45. The number of para-hydroxylation sites is 1. The second-order valence-corrected chi connectivity index (χ2v) is 5.19. The van der Waals surface area contributed by atoms with Crippen molar-refractivity contribution in [2.75, 3.05) is 0 Å². The molecular weight excluding hydrogens is 278 g/mol. The number of aromatic nitrogens is 4. The van der Waals surface area contributed by atoms with Gasteiger partial charge >= 0.3 is 0 Å². The van der Waals surface area contributed by atoms with E-state index in [2.05, 4.69) is 20.1 Å². The van der Waals surface area contributed by atoms with E-state index in [0.717, 1.165) is 28.2 Å². The molecule has 0 aliphatic carbocycles. The average molecular weight is 291 g/mol. The fourth-order valence-electron chi connectivity index (χ4n) is 2.45. The van der Waals surface area contributed by atoms with E-state index in [4.69, 9.17) is 0 Å². The lowest BCUT2D eigenvalue weighted by atomic mass is 10.1. The number of rotatable bonds is 1. The summed E-state index contributed by atoms with van der Waals surface area (Å²) in [5.74, 6) is 0.297. The van der Waals surface area contributed by atoms with E-state index in [9.17, 15) is 5.11 Å². The van der Waals surface area contributed by atoms with Gasteiger partial charge in [0.15, 0.2) is 0 Å². The highest BCUT2D eigenvalue weighted by Gasteiger charge is 2.17. The van der Waals surface area contributed by atoms with Crippen LogP contribution in [0.3, 0.4) is 0 Å². The molecule has 0 saturated heterocycles. The van der Waals surface area contributed by atoms with E-state index in [-0.39, 0.29) is 5.88 Å². The minimum absolute atomic E-state index is 0.0877. The zero-order chi connectivity index (χ0) is 15.3. The van der Waals surface area contributed by atoms with Crippen LogP contribution in [-0.2, 0) is 0 Å². The van der Waals surface area contributed by atoms with E-state index >= 15 is 0 Å². The number of aliphatic imine (C=N–C) groups is 1. The maximum Gasteiger partial charge on any atom is 0.254 e. The van der Waals surface area contributed by atoms with E-state index in [0.29, 0.717) is 11.5 Å². The Labute approximate surface area is 126 Å². The van der Waals surface area contributed by atoms with Gasteiger partial charge in [0.25, 0.3) is 5.78 Å². The Kier molecular flexibility index (Phi) is 2.59. The van der Waals surface area contributed by atoms with Crippen molar-refractivity contribution >= 4 is 29.3 Å². The number of hydrogen-bond acceptors (Lipinski definition) is 5. The lowest BCUT2D eigenvalue weighted by Gasteiger charge is -2.02. The van der Waals surface area contributed by atoms with Gasteiger partial charge < -0.3 is 5.11 Å². The van der Waals surface area contributed by atoms with Gasteiger partial charge in [0.05, 0.1) is 17.1 Å². The van der Waals surface area contributed by atoms with Crippen LogP contribution in [0.4, 0.5) is 5.69 Å². The number of nitrogens with zero attached hydrogens (tertiary/aromatic N) is 5. The summed E-state index contributed by atoms with van der Waals surface area (Å²) in [6.45, 7) is 3.74. The standard InChI is InChI=1S/C16H13N5O/c1-9-10(2)20-21-14(15(22)19-16(21)18-9)7-11-8-17-13-6-4-3-5-12(11)13/h3-8,22H,1-2H3/b11-7+. The minimum Gasteiger partial charge on any atom is -0.492 e. The van der Waals surface area contributed by atoms with Crippen LogP contribution in [0.2, 0.25) is 0 Å². The van der Waals surface area contributed by atoms with Gasteiger partial charge in [0.2, 0.25) is 5.88 Å². The molecule has 1 aliphatic heterocycles. The third-order valence-corrected chi connectivity index (χ3v) is 3.74. The number of imidazole rings is 1. The van der Waals surface area contributed by atoms with E-state index in [1.54, 1.807) is 10.7 Å². The number of aryl methyl sites for hydroxylation is 2. The van der Waals surface area contributed by atoms with Crippen molar-refractivity contribution in [1.29, 1.82) is 0 Å². The predicted octanol–water partition coefficient (Wildman–Crippen LogP) is 2.70. The first kappa shape index (κ1) is 12.7. The van der Waals surface area contributed by atoms with E-state index in [1.807, 2.05) is 44.2 Å². The predicted molar refractivity (Wildman–Crippen MR) is 84.4 cm³/mol. The van der Waals surface area contributed by atoms with Crippen LogP contribution < -0.4 is 0 Å². The zero-order valence-electron chi connectivity index (χ0n) is 12.1. The number of aromatic hydroxyl groups is 1. The summed E-state index contributed by atoms with van der Waals surface area (Å²) in [5, 5.41) is 14.6. The van der Waals surface area contributed by atoms with Crippen molar-refractivity contribution in [2.45, 2.75) is 13.8 Å². The Morgan fingerprint density at radius 1 is 1.09 bits per heavy atom. The van der Waals surface area contributed by atoms with Crippen molar-refractivity contribution in [3.63, 3.8) is 0 Å². The number of hydrogen-bond donors (Lipinski definition) is 1. The lowest BCUT2D eigenvalue weighted by molar-refractivity contribution is 0.455. The molecule has 0 fully saturated rings. The summed E-state index contributed by atoms with van der Waals surface area (Å²) in [7, 11) is 0. The normalized spacial score (nSPS) is 14.9. The quantitative estimate of drug-likeness (QED) is 0.748. The van der Waals surface area contributed by atoms with Crippen LogP contribution in [0.1, 0.15) is 22.6 Å². The summed E-state index contributed by atoms with van der Waals surface area (Å²) in [6.07, 6.45) is 3.60. The van der Waals surface area contributed by atoms with E-state index < -0.39 is 0 Å². The molecule has 0 radical (unpaired) electrons. The monoisotopic (exact) mass is 291 g/mol. The van der Waals surface area contributed by atoms with Gasteiger partial charge in [-0.2, -0.15) is 14.6 Å². The molecular formula is C16H13N5O. The molecule has 1 aromatic carbocycles. The largest absolute Gasteiger partial charge is 0.492 e.